The number of aldehydes is 1. The number of esters is 1. The average molecular weight is 292 g/mol. The van der Waals surface area contributed by atoms with Gasteiger partial charge >= 0.3 is 5.97 Å². The van der Waals surface area contributed by atoms with E-state index >= 15 is 0 Å². The molecular formula is C16H20O5. The zero-order valence-electron chi connectivity index (χ0n) is 12.1. The molecule has 1 aromatic carbocycles. The largest absolute Gasteiger partial charge is 0.507 e. The molecule has 0 heterocycles. The Morgan fingerprint density at radius 2 is 2.24 bits per heavy atom. The molecule has 21 heavy (non-hydrogen) atoms. The molecule has 5 nitrogen and oxygen atoms in total. The summed E-state index contributed by atoms with van der Waals surface area (Å²) in [5.41, 5.74) is 0.165. The number of carbonyl (C=O) groups excluding carboxylic acids is 2. The summed E-state index contributed by atoms with van der Waals surface area (Å²) >= 11 is 0. The smallest absolute Gasteiger partial charge is 0.308 e. The average Bonchev–Trinajstić information content (AvgIpc) is 2.52. The van der Waals surface area contributed by atoms with Gasteiger partial charge in [-0.25, -0.2) is 0 Å². The molecule has 1 aliphatic carbocycles. The molecule has 2 atom stereocenters. The first-order valence-corrected chi connectivity index (χ1v) is 7.13. The lowest BCUT2D eigenvalue weighted by atomic mass is 9.82. The van der Waals surface area contributed by atoms with Crippen LogP contribution in [0.3, 0.4) is 0 Å². The van der Waals surface area contributed by atoms with Gasteiger partial charge in [0.1, 0.15) is 11.5 Å². The molecule has 1 saturated carbocycles. The first-order valence-electron chi connectivity index (χ1n) is 7.13. The van der Waals surface area contributed by atoms with E-state index in [1.807, 2.05) is 0 Å². The van der Waals surface area contributed by atoms with E-state index in [0.717, 1.165) is 25.7 Å². The van der Waals surface area contributed by atoms with E-state index in [1.54, 1.807) is 12.1 Å². The van der Waals surface area contributed by atoms with Gasteiger partial charge in [-0.2, -0.15) is 0 Å². The van der Waals surface area contributed by atoms with Crippen molar-refractivity contribution >= 4 is 12.3 Å². The lowest BCUT2D eigenvalue weighted by molar-refractivity contribution is -0.147. The summed E-state index contributed by atoms with van der Waals surface area (Å²) in [7, 11) is 1.41. The van der Waals surface area contributed by atoms with Crippen LogP contribution in [0.5, 0.6) is 11.5 Å². The second kappa shape index (κ2) is 7.11. The molecular weight excluding hydrogens is 272 g/mol. The van der Waals surface area contributed by atoms with Crippen LogP contribution in [0.25, 0.3) is 0 Å². The minimum atomic E-state index is -0.161. The molecule has 0 saturated heterocycles. The van der Waals surface area contributed by atoms with Crippen LogP contribution in [-0.4, -0.2) is 31.1 Å². The molecule has 0 bridgehead atoms. The van der Waals surface area contributed by atoms with Crippen LogP contribution < -0.4 is 4.74 Å². The predicted molar refractivity (Wildman–Crippen MR) is 76.5 cm³/mol. The van der Waals surface area contributed by atoms with Crippen LogP contribution in [0.15, 0.2) is 18.2 Å². The molecule has 1 fully saturated rings. The molecule has 1 aliphatic rings. The quantitative estimate of drug-likeness (QED) is 0.667. The standard InChI is InChI=1S/C16H20O5/c1-20-16(19)12-5-2-4-11(8-12)10-21-15-7-3-6-14(18)13(15)9-17/h3,6-7,9,11-12,18H,2,4-5,8,10H2,1H3/t11-,12+/m0/s1. The maximum Gasteiger partial charge on any atom is 0.308 e. The highest BCUT2D eigenvalue weighted by Crippen LogP contribution is 2.31. The molecule has 0 radical (unpaired) electrons. The molecule has 0 unspecified atom stereocenters. The lowest BCUT2D eigenvalue weighted by Crippen LogP contribution is -2.27. The molecule has 1 N–H and O–H groups in total. The fraction of sp³-hybridized carbons (Fsp3) is 0.500. The SMILES string of the molecule is COC(=O)[C@@H]1CCC[C@H](COc2cccc(O)c2C=O)C1. The Morgan fingerprint density at radius 1 is 1.43 bits per heavy atom. The zero-order chi connectivity index (χ0) is 15.2. The van der Waals surface area contributed by atoms with Crippen LogP contribution in [0, 0.1) is 11.8 Å². The summed E-state index contributed by atoms with van der Waals surface area (Å²) in [6.07, 6.45) is 4.14. The number of methoxy groups -OCH3 is 1. The summed E-state index contributed by atoms with van der Waals surface area (Å²) in [5.74, 6) is 0.325. The van der Waals surface area contributed by atoms with E-state index in [4.69, 9.17) is 9.47 Å². The van der Waals surface area contributed by atoms with Crippen molar-refractivity contribution in [2.45, 2.75) is 25.7 Å². The molecule has 0 aromatic heterocycles. The normalized spacial score (nSPS) is 21.6. The first-order chi connectivity index (χ1) is 10.2. The summed E-state index contributed by atoms with van der Waals surface area (Å²) in [4.78, 5) is 22.6. The zero-order valence-corrected chi connectivity index (χ0v) is 12.1. The van der Waals surface area contributed by atoms with Gasteiger partial charge in [0, 0.05) is 0 Å². The highest BCUT2D eigenvalue weighted by Gasteiger charge is 2.28. The summed E-state index contributed by atoms with van der Waals surface area (Å²) in [6.45, 7) is 0.428. The number of hydrogen-bond acceptors (Lipinski definition) is 5. The predicted octanol–water partition coefficient (Wildman–Crippen LogP) is 2.56. The second-order valence-electron chi connectivity index (χ2n) is 5.37. The van der Waals surface area contributed by atoms with E-state index in [9.17, 15) is 14.7 Å². The van der Waals surface area contributed by atoms with Gasteiger partial charge in [0.05, 0.1) is 25.2 Å². The number of hydrogen-bond donors (Lipinski definition) is 1. The number of carbonyl (C=O) groups is 2. The Bertz CT molecular complexity index is 511. The Morgan fingerprint density at radius 3 is 2.95 bits per heavy atom. The third-order valence-corrected chi connectivity index (χ3v) is 3.95. The van der Waals surface area contributed by atoms with Crippen molar-refractivity contribution < 1.29 is 24.2 Å². The van der Waals surface area contributed by atoms with Crippen LogP contribution in [0.4, 0.5) is 0 Å². The number of phenolic OH excluding ortho intramolecular Hbond substituents is 1. The fourth-order valence-electron chi connectivity index (χ4n) is 2.81. The third-order valence-electron chi connectivity index (χ3n) is 3.95. The number of ether oxygens (including phenoxy) is 2. The number of aromatic hydroxyl groups is 1. The van der Waals surface area contributed by atoms with Crippen molar-refractivity contribution in [1.29, 1.82) is 0 Å². The molecule has 114 valence electrons. The van der Waals surface area contributed by atoms with E-state index in [0.29, 0.717) is 18.6 Å². The number of rotatable bonds is 5. The van der Waals surface area contributed by atoms with Gasteiger partial charge in [0.25, 0.3) is 0 Å². The Labute approximate surface area is 123 Å². The van der Waals surface area contributed by atoms with Crippen molar-refractivity contribution in [2.75, 3.05) is 13.7 Å². The molecule has 0 amide bonds. The van der Waals surface area contributed by atoms with Gasteiger partial charge in [0.2, 0.25) is 0 Å². The Kier molecular flexibility index (Phi) is 5.20. The van der Waals surface area contributed by atoms with Crippen molar-refractivity contribution in [3.05, 3.63) is 23.8 Å². The Balaban J connectivity index is 1.95. The van der Waals surface area contributed by atoms with E-state index in [2.05, 4.69) is 0 Å². The van der Waals surface area contributed by atoms with Gasteiger partial charge in [0.15, 0.2) is 6.29 Å². The Hall–Kier alpha value is -2.04. The van der Waals surface area contributed by atoms with Crippen LogP contribution in [-0.2, 0) is 9.53 Å². The molecule has 0 aliphatic heterocycles. The topological polar surface area (TPSA) is 72.8 Å². The highest BCUT2D eigenvalue weighted by molar-refractivity contribution is 5.83. The van der Waals surface area contributed by atoms with Gasteiger partial charge in [-0.05, 0) is 37.3 Å². The minimum absolute atomic E-state index is 0.0629. The fourth-order valence-corrected chi connectivity index (χ4v) is 2.81. The van der Waals surface area contributed by atoms with Crippen molar-refractivity contribution in [1.82, 2.24) is 0 Å². The van der Waals surface area contributed by atoms with Crippen molar-refractivity contribution in [3.63, 3.8) is 0 Å². The van der Waals surface area contributed by atoms with Crippen LogP contribution in [0.2, 0.25) is 0 Å². The van der Waals surface area contributed by atoms with Gasteiger partial charge < -0.3 is 14.6 Å². The van der Waals surface area contributed by atoms with Crippen LogP contribution in [0.1, 0.15) is 36.0 Å². The van der Waals surface area contributed by atoms with Crippen molar-refractivity contribution in [2.24, 2.45) is 11.8 Å². The highest BCUT2D eigenvalue weighted by atomic mass is 16.5. The van der Waals surface area contributed by atoms with E-state index in [1.165, 1.54) is 13.2 Å². The third kappa shape index (κ3) is 3.74. The molecule has 2 rings (SSSR count). The van der Waals surface area contributed by atoms with Gasteiger partial charge in [-0.3, -0.25) is 9.59 Å². The molecule has 1 aromatic rings. The lowest BCUT2D eigenvalue weighted by Gasteiger charge is -2.27. The summed E-state index contributed by atoms with van der Waals surface area (Å²) < 4.78 is 10.5. The summed E-state index contributed by atoms with van der Waals surface area (Å²) in [5, 5.41) is 9.60. The monoisotopic (exact) mass is 292 g/mol. The van der Waals surface area contributed by atoms with E-state index in [-0.39, 0.29) is 29.1 Å². The van der Waals surface area contributed by atoms with Gasteiger partial charge in [-0.1, -0.05) is 12.5 Å². The number of phenols is 1. The maximum absolute atomic E-state index is 11.6. The van der Waals surface area contributed by atoms with Crippen molar-refractivity contribution in [3.8, 4) is 11.5 Å². The molecule has 5 heteroatoms. The van der Waals surface area contributed by atoms with Crippen LogP contribution >= 0.6 is 0 Å². The maximum atomic E-state index is 11.6. The summed E-state index contributed by atoms with van der Waals surface area (Å²) in [6, 6.07) is 4.74. The van der Waals surface area contributed by atoms with E-state index < -0.39 is 0 Å². The molecule has 0 spiro atoms. The number of benzene rings is 1. The minimum Gasteiger partial charge on any atom is -0.507 e. The first kappa shape index (κ1) is 15.4. The van der Waals surface area contributed by atoms with Gasteiger partial charge in [-0.15, -0.1) is 0 Å². The second-order valence-corrected chi connectivity index (χ2v) is 5.37.